The van der Waals surface area contributed by atoms with Crippen LogP contribution in [0.15, 0.2) is 27.8 Å². The molecule has 2 heterocycles. The van der Waals surface area contributed by atoms with Crippen LogP contribution in [0.25, 0.3) is 0 Å². The number of nitrogens with one attached hydrogen (secondary N) is 1. The summed E-state index contributed by atoms with van der Waals surface area (Å²) in [5.41, 5.74) is 5.82. The Morgan fingerprint density at radius 2 is 1.94 bits per heavy atom. The van der Waals surface area contributed by atoms with Crippen LogP contribution in [0, 0.1) is 5.92 Å². The molecular formula is C23H32N4O5. The lowest BCUT2D eigenvalue weighted by atomic mass is 10.1. The summed E-state index contributed by atoms with van der Waals surface area (Å²) in [6, 6.07) is 5.37. The van der Waals surface area contributed by atoms with Crippen LogP contribution < -0.4 is 31.4 Å². The van der Waals surface area contributed by atoms with Crippen molar-refractivity contribution in [2.45, 2.75) is 53.0 Å². The number of benzene rings is 1. The third kappa shape index (κ3) is 5.33. The number of hydrogen-bond acceptors (Lipinski definition) is 6. The summed E-state index contributed by atoms with van der Waals surface area (Å²) < 4.78 is 12.5. The zero-order valence-electron chi connectivity index (χ0n) is 19.0. The predicted octanol–water partition coefficient (Wildman–Crippen LogP) is 2.31. The number of anilines is 2. The molecule has 0 saturated carbocycles. The van der Waals surface area contributed by atoms with Gasteiger partial charge in [0, 0.05) is 13.1 Å². The molecule has 9 nitrogen and oxygen atoms in total. The highest BCUT2D eigenvalue weighted by Crippen LogP contribution is 2.31. The van der Waals surface area contributed by atoms with Crippen molar-refractivity contribution in [1.82, 2.24) is 9.55 Å². The Balaban J connectivity index is 1.95. The van der Waals surface area contributed by atoms with Gasteiger partial charge in [0.25, 0.3) is 5.56 Å². The lowest BCUT2D eigenvalue weighted by Gasteiger charge is -2.26. The summed E-state index contributed by atoms with van der Waals surface area (Å²) in [6.07, 6.45) is 2.33. The highest BCUT2D eigenvalue weighted by Gasteiger charge is 2.25. The molecule has 1 amide bonds. The van der Waals surface area contributed by atoms with Gasteiger partial charge in [-0.05, 0) is 36.5 Å². The number of hydrogen-bond donors (Lipinski definition) is 2. The second-order valence-corrected chi connectivity index (χ2v) is 8.38. The summed E-state index contributed by atoms with van der Waals surface area (Å²) >= 11 is 0. The Kier molecular flexibility index (Phi) is 7.61. The van der Waals surface area contributed by atoms with Gasteiger partial charge in [-0.2, -0.15) is 0 Å². The number of rotatable bonds is 9. The maximum Gasteiger partial charge on any atom is 0.330 e. The van der Waals surface area contributed by atoms with Crippen LogP contribution in [0.5, 0.6) is 11.5 Å². The fourth-order valence-corrected chi connectivity index (χ4v) is 3.59. The molecule has 9 heteroatoms. The van der Waals surface area contributed by atoms with Crippen molar-refractivity contribution in [1.29, 1.82) is 0 Å². The Labute approximate surface area is 187 Å². The summed E-state index contributed by atoms with van der Waals surface area (Å²) in [6.45, 7) is 7.72. The first-order chi connectivity index (χ1) is 15.3. The third-order valence-electron chi connectivity index (χ3n) is 5.41. The van der Waals surface area contributed by atoms with Crippen LogP contribution >= 0.6 is 0 Å². The average Bonchev–Trinajstić information content (AvgIpc) is 2.75. The maximum atomic E-state index is 13.4. The Morgan fingerprint density at radius 1 is 1.22 bits per heavy atom. The number of aromatic amines is 1. The molecule has 0 bridgehead atoms. The van der Waals surface area contributed by atoms with Crippen LogP contribution in [0.3, 0.4) is 0 Å². The molecule has 3 N–H and O–H groups in total. The monoisotopic (exact) mass is 444 g/mol. The van der Waals surface area contributed by atoms with Crippen molar-refractivity contribution in [3.05, 3.63) is 44.6 Å². The van der Waals surface area contributed by atoms with Crippen LogP contribution in [-0.4, -0.2) is 35.2 Å². The number of carbonyl (C=O) groups is 1. The molecule has 0 unspecified atom stereocenters. The number of amides is 1. The minimum absolute atomic E-state index is 0.0199. The van der Waals surface area contributed by atoms with E-state index in [4.69, 9.17) is 15.2 Å². The molecular weight excluding hydrogens is 412 g/mol. The summed E-state index contributed by atoms with van der Waals surface area (Å²) in [4.78, 5) is 42.1. The number of aromatic nitrogens is 2. The number of nitrogens with zero attached hydrogens (tertiary/aromatic N) is 2. The van der Waals surface area contributed by atoms with E-state index < -0.39 is 11.2 Å². The van der Waals surface area contributed by atoms with E-state index in [0.717, 1.165) is 18.4 Å². The fraction of sp³-hybridized carbons (Fsp3) is 0.522. The van der Waals surface area contributed by atoms with Crippen LogP contribution in [0.1, 0.15) is 45.6 Å². The van der Waals surface area contributed by atoms with Gasteiger partial charge in [-0.15, -0.1) is 0 Å². The van der Waals surface area contributed by atoms with Crippen LogP contribution in [0.4, 0.5) is 11.5 Å². The summed E-state index contributed by atoms with van der Waals surface area (Å²) in [5.74, 6) is 1.30. The van der Waals surface area contributed by atoms with Gasteiger partial charge in [-0.3, -0.25) is 19.1 Å². The quantitative estimate of drug-likeness (QED) is 0.612. The first-order valence-corrected chi connectivity index (χ1v) is 11.1. The van der Waals surface area contributed by atoms with Crippen molar-refractivity contribution >= 4 is 17.4 Å². The average molecular weight is 445 g/mol. The first kappa shape index (κ1) is 23.4. The normalized spacial score (nSPS) is 12.8. The summed E-state index contributed by atoms with van der Waals surface area (Å²) in [7, 11) is 0. The second kappa shape index (κ2) is 10.4. The molecule has 0 aliphatic carbocycles. The molecule has 2 aromatic rings. The lowest BCUT2D eigenvalue weighted by molar-refractivity contribution is -0.118. The molecule has 1 aromatic heterocycles. The van der Waals surface area contributed by atoms with Gasteiger partial charge in [-0.25, -0.2) is 4.79 Å². The highest BCUT2D eigenvalue weighted by molar-refractivity contribution is 5.96. The molecule has 174 valence electrons. The van der Waals surface area contributed by atoms with E-state index in [1.165, 1.54) is 9.47 Å². The molecule has 0 spiro atoms. The van der Waals surface area contributed by atoms with Crippen molar-refractivity contribution in [3.63, 3.8) is 0 Å². The molecule has 0 atom stereocenters. The standard InChI is InChI=1S/C23H32N4O5/c1-4-5-9-27-21(24)20(22(29)25-23(27)30)26(10-8-15(2)3)19(28)14-16-6-7-17-18(13-16)32-12-11-31-17/h6-7,13,15H,4-5,8-12,14,24H2,1-3H3,(H,25,29,30). The van der Waals surface area contributed by atoms with Gasteiger partial charge in [-0.1, -0.05) is 33.3 Å². The number of H-pyrrole nitrogens is 1. The van der Waals surface area contributed by atoms with Crippen molar-refractivity contribution in [2.24, 2.45) is 5.92 Å². The van der Waals surface area contributed by atoms with Crippen LogP contribution in [0.2, 0.25) is 0 Å². The number of ether oxygens (including phenoxy) is 2. The van der Waals surface area contributed by atoms with Crippen molar-refractivity contribution in [2.75, 3.05) is 30.4 Å². The molecule has 0 saturated heterocycles. The van der Waals surface area contributed by atoms with E-state index in [-0.39, 0.29) is 23.8 Å². The topological polar surface area (TPSA) is 120 Å². The van der Waals surface area contributed by atoms with Gasteiger partial charge in [0.2, 0.25) is 5.91 Å². The number of fused-ring (bicyclic) bond motifs is 1. The van der Waals surface area contributed by atoms with E-state index >= 15 is 0 Å². The maximum absolute atomic E-state index is 13.4. The van der Waals surface area contributed by atoms with E-state index in [1.807, 2.05) is 26.8 Å². The zero-order chi connectivity index (χ0) is 23.3. The summed E-state index contributed by atoms with van der Waals surface area (Å²) in [5, 5.41) is 0. The van der Waals surface area contributed by atoms with Crippen molar-refractivity contribution < 1.29 is 14.3 Å². The molecule has 1 aromatic carbocycles. The van der Waals surface area contributed by atoms with Gasteiger partial charge in [0.15, 0.2) is 17.2 Å². The SMILES string of the molecule is CCCCn1c(N)c(N(CCC(C)C)C(=O)Cc2ccc3c(c2)OCCO3)c(=O)[nH]c1=O. The molecule has 1 aliphatic heterocycles. The fourth-order valence-electron chi connectivity index (χ4n) is 3.59. The van der Waals surface area contributed by atoms with Gasteiger partial charge < -0.3 is 20.1 Å². The minimum atomic E-state index is -0.653. The van der Waals surface area contributed by atoms with Gasteiger partial charge >= 0.3 is 5.69 Å². The largest absolute Gasteiger partial charge is 0.486 e. The van der Waals surface area contributed by atoms with E-state index in [1.54, 1.807) is 12.1 Å². The molecule has 1 aliphatic rings. The molecule has 0 radical (unpaired) electrons. The zero-order valence-corrected chi connectivity index (χ0v) is 19.0. The highest BCUT2D eigenvalue weighted by atomic mass is 16.6. The molecule has 0 fully saturated rings. The third-order valence-corrected chi connectivity index (χ3v) is 5.41. The molecule has 32 heavy (non-hydrogen) atoms. The van der Waals surface area contributed by atoms with Gasteiger partial charge in [0.05, 0.1) is 6.42 Å². The van der Waals surface area contributed by atoms with Crippen LogP contribution in [-0.2, 0) is 17.8 Å². The lowest BCUT2D eigenvalue weighted by Crippen LogP contribution is -2.42. The number of carbonyl (C=O) groups excluding carboxylic acids is 1. The second-order valence-electron chi connectivity index (χ2n) is 8.38. The minimum Gasteiger partial charge on any atom is -0.486 e. The Hall–Kier alpha value is -3.23. The van der Waals surface area contributed by atoms with E-state index in [0.29, 0.717) is 50.1 Å². The number of unbranched alkanes of at least 4 members (excludes halogenated alkanes) is 1. The smallest absolute Gasteiger partial charge is 0.330 e. The molecule has 3 rings (SSSR count). The van der Waals surface area contributed by atoms with Crippen molar-refractivity contribution in [3.8, 4) is 11.5 Å². The predicted molar refractivity (Wildman–Crippen MR) is 124 cm³/mol. The van der Waals surface area contributed by atoms with E-state index in [9.17, 15) is 14.4 Å². The van der Waals surface area contributed by atoms with Gasteiger partial charge in [0.1, 0.15) is 19.0 Å². The van der Waals surface area contributed by atoms with E-state index in [2.05, 4.69) is 4.98 Å². The Bertz CT molecular complexity index is 1070. The first-order valence-electron chi connectivity index (χ1n) is 11.1. The Morgan fingerprint density at radius 3 is 2.62 bits per heavy atom. The number of nitrogen functional groups attached to an aromatic ring is 1. The number of nitrogens with two attached hydrogens (primary N) is 1.